The molecule has 0 amide bonds. The molecule has 0 aliphatic carbocycles. The second-order valence-corrected chi connectivity index (χ2v) is 8.14. The number of nitrogens with one attached hydrogen (secondary N) is 2. The van der Waals surface area contributed by atoms with Gasteiger partial charge in [-0.05, 0) is 19.3 Å². The van der Waals surface area contributed by atoms with Crippen molar-refractivity contribution in [2.45, 2.75) is 59.5 Å². The summed E-state index contributed by atoms with van der Waals surface area (Å²) in [4.78, 5) is 13.1. The fourth-order valence-electron chi connectivity index (χ4n) is 3.61. The van der Waals surface area contributed by atoms with Gasteiger partial charge in [0.2, 0.25) is 0 Å². The normalized spacial score (nSPS) is 16.7. The number of hydrogen-bond donors (Lipinski definition) is 2. The molecule has 1 aromatic rings. The monoisotopic (exact) mass is 523 g/mol. The van der Waals surface area contributed by atoms with Gasteiger partial charge in [-0.2, -0.15) is 0 Å². The molecular formula is C20H38IN5OS. The van der Waals surface area contributed by atoms with Crippen LogP contribution in [0.5, 0.6) is 0 Å². The third-order valence-corrected chi connectivity index (χ3v) is 6.38. The van der Waals surface area contributed by atoms with Gasteiger partial charge in [0.15, 0.2) is 5.96 Å². The van der Waals surface area contributed by atoms with Gasteiger partial charge in [0.05, 0.1) is 19.8 Å². The third kappa shape index (κ3) is 8.12. The number of halogens is 1. The van der Waals surface area contributed by atoms with E-state index in [2.05, 4.69) is 48.2 Å². The zero-order valence-corrected chi connectivity index (χ0v) is 21.0. The highest BCUT2D eigenvalue weighted by Gasteiger charge is 2.27. The molecule has 1 aliphatic rings. The van der Waals surface area contributed by atoms with Gasteiger partial charge in [-0.3, -0.25) is 4.90 Å². The van der Waals surface area contributed by atoms with Crippen LogP contribution >= 0.6 is 35.3 Å². The molecule has 1 fully saturated rings. The Morgan fingerprint density at radius 2 is 1.93 bits per heavy atom. The van der Waals surface area contributed by atoms with Crippen molar-refractivity contribution >= 4 is 41.3 Å². The summed E-state index contributed by atoms with van der Waals surface area (Å²) in [6, 6.07) is 0.513. The molecule has 1 aromatic heterocycles. The molecule has 2 rings (SSSR count). The van der Waals surface area contributed by atoms with Crippen LogP contribution in [-0.4, -0.2) is 61.3 Å². The van der Waals surface area contributed by atoms with Crippen LogP contribution in [0.3, 0.4) is 0 Å². The maximum absolute atomic E-state index is 5.56. The summed E-state index contributed by atoms with van der Waals surface area (Å²) in [6.07, 6.45) is 5.41. The van der Waals surface area contributed by atoms with Gasteiger partial charge in [-0.25, -0.2) is 9.98 Å². The highest BCUT2D eigenvalue weighted by molar-refractivity contribution is 14.0. The van der Waals surface area contributed by atoms with Gasteiger partial charge in [-0.15, -0.1) is 35.3 Å². The SMILES string of the molecule is CCNC(=NCc1ncc(CC)s1)NCC(C(CC)CC)N1CCOCC1.I. The summed E-state index contributed by atoms with van der Waals surface area (Å²) in [5.74, 6) is 1.57. The van der Waals surface area contributed by atoms with Crippen LogP contribution in [0.4, 0.5) is 0 Å². The van der Waals surface area contributed by atoms with E-state index < -0.39 is 0 Å². The van der Waals surface area contributed by atoms with Gasteiger partial charge < -0.3 is 15.4 Å². The molecule has 0 aromatic carbocycles. The molecule has 2 heterocycles. The van der Waals surface area contributed by atoms with Gasteiger partial charge in [0.25, 0.3) is 0 Å². The van der Waals surface area contributed by atoms with Crippen molar-refractivity contribution in [2.24, 2.45) is 10.9 Å². The van der Waals surface area contributed by atoms with Crippen molar-refractivity contribution in [1.82, 2.24) is 20.5 Å². The number of guanidine groups is 1. The number of aromatic nitrogens is 1. The Hall–Kier alpha value is -0.450. The summed E-state index contributed by atoms with van der Waals surface area (Å²) in [7, 11) is 0. The van der Waals surface area contributed by atoms with Crippen LogP contribution in [-0.2, 0) is 17.7 Å². The molecule has 28 heavy (non-hydrogen) atoms. The summed E-state index contributed by atoms with van der Waals surface area (Å²) in [5, 5.41) is 8.05. The fourth-order valence-corrected chi connectivity index (χ4v) is 4.40. The molecule has 1 unspecified atom stereocenters. The van der Waals surface area contributed by atoms with Gasteiger partial charge in [-0.1, -0.05) is 33.6 Å². The van der Waals surface area contributed by atoms with Crippen LogP contribution in [0, 0.1) is 5.92 Å². The molecule has 0 radical (unpaired) electrons. The highest BCUT2D eigenvalue weighted by atomic mass is 127. The quantitative estimate of drug-likeness (QED) is 0.279. The largest absolute Gasteiger partial charge is 0.379 e. The smallest absolute Gasteiger partial charge is 0.191 e. The Kier molecular flexibility index (Phi) is 13.3. The zero-order valence-electron chi connectivity index (χ0n) is 17.9. The molecule has 1 atom stereocenters. The maximum atomic E-state index is 5.56. The van der Waals surface area contributed by atoms with Crippen LogP contribution in [0.25, 0.3) is 0 Å². The van der Waals surface area contributed by atoms with E-state index in [9.17, 15) is 0 Å². The minimum atomic E-state index is 0. The number of hydrogen-bond acceptors (Lipinski definition) is 5. The van der Waals surface area contributed by atoms with E-state index in [-0.39, 0.29) is 24.0 Å². The van der Waals surface area contributed by atoms with E-state index in [0.29, 0.717) is 18.5 Å². The molecule has 0 bridgehead atoms. The van der Waals surface area contributed by atoms with E-state index in [1.807, 2.05) is 6.20 Å². The summed E-state index contributed by atoms with van der Waals surface area (Å²) < 4.78 is 5.56. The topological polar surface area (TPSA) is 61.8 Å². The second kappa shape index (κ2) is 14.5. The zero-order chi connectivity index (χ0) is 19.5. The number of thiazole rings is 1. The lowest BCUT2D eigenvalue weighted by Crippen LogP contribution is -2.53. The number of aliphatic imine (C=N–C) groups is 1. The van der Waals surface area contributed by atoms with E-state index in [1.54, 1.807) is 11.3 Å². The van der Waals surface area contributed by atoms with Crippen molar-refractivity contribution in [3.05, 3.63) is 16.1 Å². The van der Waals surface area contributed by atoms with Crippen LogP contribution in [0.15, 0.2) is 11.2 Å². The lowest BCUT2D eigenvalue weighted by Gasteiger charge is -2.39. The van der Waals surface area contributed by atoms with Crippen molar-refractivity contribution in [1.29, 1.82) is 0 Å². The first-order valence-corrected chi connectivity index (χ1v) is 11.3. The standard InChI is InChI=1S/C20H37N5OS.HI/c1-5-16(6-2)18(25-9-11-26-12-10-25)14-23-20(21-8-4)24-15-19-22-13-17(7-3)27-19;/h13,16,18H,5-12,14-15H2,1-4H3,(H2,21,23,24);1H. The average Bonchev–Trinajstić information content (AvgIpc) is 3.18. The van der Waals surface area contributed by atoms with Gasteiger partial charge in [0.1, 0.15) is 5.01 Å². The Bertz CT molecular complexity index is 559. The van der Waals surface area contributed by atoms with Gasteiger partial charge in [0, 0.05) is 43.3 Å². The predicted molar refractivity (Wildman–Crippen MR) is 130 cm³/mol. The highest BCUT2D eigenvalue weighted by Crippen LogP contribution is 2.19. The molecule has 0 saturated carbocycles. The number of morpholine rings is 1. The maximum Gasteiger partial charge on any atom is 0.191 e. The molecule has 0 spiro atoms. The van der Waals surface area contributed by atoms with Crippen LogP contribution < -0.4 is 10.6 Å². The van der Waals surface area contributed by atoms with Crippen molar-refractivity contribution in [2.75, 3.05) is 39.4 Å². The van der Waals surface area contributed by atoms with E-state index in [0.717, 1.165) is 56.8 Å². The van der Waals surface area contributed by atoms with Crippen molar-refractivity contribution < 1.29 is 4.74 Å². The Morgan fingerprint density at radius 1 is 1.21 bits per heavy atom. The number of nitrogens with zero attached hydrogens (tertiary/aromatic N) is 3. The summed E-state index contributed by atoms with van der Waals surface area (Å²) in [6.45, 7) is 15.0. The molecule has 2 N–H and O–H groups in total. The lowest BCUT2D eigenvalue weighted by molar-refractivity contribution is 0.00272. The lowest BCUT2D eigenvalue weighted by atomic mass is 9.92. The minimum Gasteiger partial charge on any atom is -0.379 e. The minimum absolute atomic E-state index is 0. The van der Waals surface area contributed by atoms with E-state index >= 15 is 0 Å². The van der Waals surface area contributed by atoms with Crippen molar-refractivity contribution in [3.8, 4) is 0 Å². The first-order chi connectivity index (χ1) is 13.2. The molecule has 162 valence electrons. The number of aryl methyl sites for hydroxylation is 1. The summed E-state index contributed by atoms with van der Waals surface area (Å²) in [5.41, 5.74) is 0. The average molecular weight is 524 g/mol. The Balaban J connectivity index is 0.00000392. The Morgan fingerprint density at radius 3 is 2.50 bits per heavy atom. The van der Waals surface area contributed by atoms with Crippen molar-refractivity contribution in [3.63, 3.8) is 0 Å². The first kappa shape index (κ1) is 25.6. The molecule has 8 heteroatoms. The number of rotatable bonds is 10. The first-order valence-electron chi connectivity index (χ1n) is 10.5. The fraction of sp³-hybridized carbons (Fsp3) is 0.800. The Labute approximate surface area is 192 Å². The molecule has 1 saturated heterocycles. The molecule has 6 nitrogen and oxygen atoms in total. The van der Waals surface area contributed by atoms with Crippen LogP contribution in [0.2, 0.25) is 0 Å². The molecular weight excluding hydrogens is 485 g/mol. The molecule has 1 aliphatic heterocycles. The van der Waals surface area contributed by atoms with Crippen LogP contribution in [0.1, 0.15) is 50.4 Å². The summed E-state index contributed by atoms with van der Waals surface area (Å²) >= 11 is 1.76. The third-order valence-electron chi connectivity index (χ3n) is 5.25. The predicted octanol–water partition coefficient (Wildman–Crippen LogP) is 3.52. The second-order valence-electron chi connectivity index (χ2n) is 6.94. The van der Waals surface area contributed by atoms with E-state index in [1.165, 1.54) is 17.7 Å². The van der Waals surface area contributed by atoms with E-state index in [4.69, 9.17) is 9.73 Å². The number of ether oxygens (including phenoxy) is 1. The van der Waals surface area contributed by atoms with Gasteiger partial charge >= 0.3 is 0 Å².